The summed E-state index contributed by atoms with van der Waals surface area (Å²) in [5.74, 6) is 5.47. The minimum absolute atomic E-state index is 0.148. The SMILES string of the molecule is CCCS(=O)(=O)NCc1ccc(C#CCO)s1. The van der Waals surface area contributed by atoms with Crippen LogP contribution in [0.3, 0.4) is 0 Å². The van der Waals surface area contributed by atoms with E-state index in [2.05, 4.69) is 16.6 Å². The standard InChI is InChI=1S/C11H15NO3S2/c1-2-8-17(14,15)12-9-11-6-5-10(16-11)4-3-7-13/h5-6,12-13H,2,7-9H2,1H3. The Labute approximate surface area is 106 Å². The molecule has 0 unspecified atom stereocenters. The van der Waals surface area contributed by atoms with Crippen molar-refractivity contribution in [3.63, 3.8) is 0 Å². The molecule has 0 fully saturated rings. The van der Waals surface area contributed by atoms with Gasteiger partial charge < -0.3 is 5.11 Å². The average molecular weight is 273 g/mol. The summed E-state index contributed by atoms with van der Waals surface area (Å²) in [6, 6.07) is 3.65. The molecule has 0 radical (unpaired) electrons. The third kappa shape index (κ3) is 5.33. The highest BCUT2D eigenvalue weighted by atomic mass is 32.2. The Morgan fingerprint density at radius 3 is 2.88 bits per heavy atom. The van der Waals surface area contributed by atoms with Gasteiger partial charge in [-0.25, -0.2) is 13.1 Å². The van der Waals surface area contributed by atoms with Crippen LogP contribution in [0.15, 0.2) is 12.1 Å². The van der Waals surface area contributed by atoms with Crippen LogP contribution in [-0.2, 0) is 16.6 Å². The summed E-state index contributed by atoms with van der Waals surface area (Å²) in [5.41, 5.74) is 0. The van der Waals surface area contributed by atoms with Gasteiger partial charge in [-0.2, -0.15) is 0 Å². The molecule has 0 aliphatic rings. The first kappa shape index (κ1) is 14.2. The third-order valence-electron chi connectivity index (χ3n) is 1.89. The Balaban J connectivity index is 2.56. The van der Waals surface area contributed by atoms with Crippen molar-refractivity contribution >= 4 is 21.4 Å². The van der Waals surface area contributed by atoms with Crippen LogP contribution in [0.1, 0.15) is 23.1 Å². The molecule has 0 aliphatic carbocycles. The predicted octanol–water partition coefficient (Wildman–Crippen LogP) is 0.921. The quantitative estimate of drug-likeness (QED) is 0.784. The summed E-state index contributed by atoms with van der Waals surface area (Å²) in [6.45, 7) is 1.96. The monoisotopic (exact) mass is 273 g/mol. The van der Waals surface area contributed by atoms with Crippen molar-refractivity contribution in [3.05, 3.63) is 21.9 Å². The molecular formula is C11H15NO3S2. The predicted molar refractivity (Wildman–Crippen MR) is 69.2 cm³/mol. The highest BCUT2D eigenvalue weighted by Crippen LogP contribution is 2.15. The van der Waals surface area contributed by atoms with Crippen LogP contribution in [0.2, 0.25) is 0 Å². The van der Waals surface area contributed by atoms with E-state index >= 15 is 0 Å². The third-order valence-corrected chi connectivity index (χ3v) is 4.42. The van der Waals surface area contributed by atoms with Crippen LogP contribution in [0.25, 0.3) is 0 Å². The maximum Gasteiger partial charge on any atom is 0.211 e. The first-order valence-electron chi connectivity index (χ1n) is 5.23. The Morgan fingerprint density at radius 2 is 2.24 bits per heavy atom. The van der Waals surface area contributed by atoms with E-state index in [1.807, 2.05) is 19.1 Å². The fraction of sp³-hybridized carbons (Fsp3) is 0.455. The van der Waals surface area contributed by atoms with Crippen molar-refractivity contribution in [2.45, 2.75) is 19.9 Å². The number of hydrogen-bond donors (Lipinski definition) is 2. The van der Waals surface area contributed by atoms with E-state index in [1.54, 1.807) is 0 Å². The number of thiophene rings is 1. The van der Waals surface area contributed by atoms with E-state index in [0.717, 1.165) is 9.75 Å². The molecule has 0 spiro atoms. The second kappa shape index (κ2) is 6.77. The molecule has 0 aromatic carbocycles. The zero-order valence-electron chi connectivity index (χ0n) is 9.56. The minimum Gasteiger partial charge on any atom is -0.384 e. The Hall–Kier alpha value is -0.870. The van der Waals surface area contributed by atoms with Crippen molar-refractivity contribution in [2.24, 2.45) is 0 Å². The average Bonchev–Trinajstić information content (AvgIpc) is 2.72. The number of aliphatic hydroxyl groups is 1. The number of aliphatic hydroxyl groups excluding tert-OH is 1. The number of sulfonamides is 1. The zero-order chi connectivity index (χ0) is 12.7. The van der Waals surface area contributed by atoms with E-state index < -0.39 is 10.0 Å². The van der Waals surface area contributed by atoms with Crippen LogP contribution in [0.4, 0.5) is 0 Å². The molecule has 0 bridgehead atoms. The van der Waals surface area contributed by atoms with E-state index in [1.165, 1.54) is 11.3 Å². The summed E-state index contributed by atoms with van der Waals surface area (Å²) in [7, 11) is -3.16. The molecule has 1 heterocycles. The molecule has 94 valence electrons. The van der Waals surface area contributed by atoms with Crippen molar-refractivity contribution < 1.29 is 13.5 Å². The molecular weight excluding hydrogens is 258 g/mol. The number of rotatable bonds is 5. The first-order chi connectivity index (χ1) is 8.07. The Morgan fingerprint density at radius 1 is 1.47 bits per heavy atom. The Bertz CT molecular complexity index is 508. The lowest BCUT2D eigenvalue weighted by atomic mass is 10.4. The van der Waals surface area contributed by atoms with Gasteiger partial charge in [0.25, 0.3) is 0 Å². The van der Waals surface area contributed by atoms with Gasteiger partial charge in [-0.3, -0.25) is 0 Å². The largest absolute Gasteiger partial charge is 0.384 e. The molecule has 17 heavy (non-hydrogen) atoms. The van der Waals surface area contributed by atoms with Gasteiger partial charge in [0.15, 0.2) is 0 Å². The molecule has 0 saturated carbocycles. The highest BCUT2D eigenvalue weighted by molar-refractivity contribution is 7.89. The van der Waals surface area contributed by atoms with Crippen LogP contribution < -0.4 is 4.72 Å². The maximum atomic E-state index is 11.4. The smallest absolute Gasteiger partial charge is 0.211 e. The summed E-state index contributed by atoms with van der Waals surface area (Å²) in [4.78, 5) is 1.73. The van der Waals surface area contributed by atoms with Gasteiger partial charge >= 0.3 is 0 Å². The molecule has 1 aromatic heterocycles. The highest BCUT2D eigenvalue weighted by Gasteiger charge is 2.08. The van der Waals surface area contributed by atoms with Crippen LogP contribution in [0, 0.1) is 11.8 Å². The lowest BCUT2D eigenvalue weighted by Gasteiger charge is -2.02. The van der Waals surface area contributed by atoms with Gasteiger partial charge in [0, 0.05) is 11.4 Å². The maximum absolute atomic E-state index is 11.4. The van der Waals surface area contributed by atoms with Gasteiger partial charge in [-0.05, 0) is 18.6 Å². The van der Waals surface area contributed by atoms with Crippen LogP contribution in [0.5, 0.6) is 0 Å². The molecule has 0 saturated heterocycles. The molecule has 0 atom stereocenters. The van der Waals surface area contributed by atoms with Crippen molar-refractivity contribution in [3.8, 4) is 11.8 Å². The van der Waals surface area contributed by atoms with Crippen molar-refractivity contribution in [1.29, 1.82) is 0 Å². The summed E-state index contributed by atoms with van der Waals surface area (Å²) < 4.78 is 25.4. The second-order valence-electron chi connectivity index (χ2n) is 3.37. The number of nitrogens with one attached hydrogen (secondary N) is 1. The van der Waals surface area contributed by atoms with E-state index in [-0.39, 0.29) is 12.4 Å². The molecule has 1 aromatic rings. The van der Waals surface area contributed by atoms with Crippen molar-refractivity contribution in [1.82, 2.24) is 4.72 Å². The van der Waals surface area contributed by atoms with Gasteiger partial charge in [0.1, 0.15) is 6.61 Å². The first-order valence-corrected chi connectivity index (χ1v) is 7.70. The van der Waals surface area contributed by atoms with Crippen LogP contribution in [-0.4, -0.2) is 25.9 Å². The molecule has 2 N–H and O–H groups in total. The topological polar surface area (TPSA) is 66.4 Å². The van der Waals surface area contributed by atoms with Gasteiger partial charge in [-0.1, -0.05) is 18.8 Å². The second-order valence-corrected chi connectivity index (χ2v) is 6.46. The normalized spacial score (nSPS) is 10.9. The molecule has 0 amide bonds. The van der Waals surface area contributed by atoms with Gasteiger partial charge in [0.05, 0.1) is 10.6 Å². The molecule has 6 heteroatoms. The lowest BCUT2D eigenvalue weighted by Crippen LogP contribution is -2.25. The minimum atomic E-state index is -3.16. The fourth-order valence-electron chi connectivity index (χ4n) is 1.19. The van der Waals surface area contributed by atoms with Gasteiger partial charge in [0.2, 0.25) is 10.0 Å². The lowest BCUT2D eigenvalue weighted by molar-refractivity contribution is 0.350. The number of hydrogen-bond acceptors (Lipinski definition) is 4. The van der Waals surface area contributed by atoms with E-state index in [0.29, 0.717) is 13.0 Å². The van der Waals surface area contributed by atoms with Crippen molar-refractivity contribution in [2.75, 3.05) is 12.4 Å². The molecule has 0 aliphatic heterocycles. The van der Waals surface area contributed by atoms with E-state index in [4.69, 9.17) is 5.11 Å². The summed E-state index contributed by atoms with van der Waals surface area (Å²) in [6.07, 6.45) is 0.604. The summed E-state index contributed by atoms with van der Waals surface area (Å²) in [5, 5.41) is 8.54. The molecule has 1 rings (SSSR count). The van der Waals surface area contributed by atoms with Gasteiger partial charge in [-0.15, -0.1) is 11.3 Å². The zero-order valence-corrected chi connectivity index (χ0v) is 11.2. The fourth-order valence-corrected chi connectivity index (χ4v) is 3.16. The summed E-state index contributed by atoms with van der Waals surface area (Å²) >= 11 is 1.42. The molecule has 4 nitrogen and oxygen atoms in total. The Kier molecular flexibility index (Phi) is 5.65. The van der Waals surface area contributed by atoms with E-state index in [9.17, 15) is 8.42 Å². The van der Waals surface area contributed by atoms with Crippen LogP contribution >= 0.6 is 11.3 Å².